The van der Waals surface area contributed by atoms with Gasteiger partial charge in [0.15, 0.2) is 0 Å². The summed E-state index contributed by atoms with van der Waals surface area (Å²) in [5, 5.41) is 2.80. The highest BCUT2D eigenvalue weighted by atomic mass is 32.2. The number of methoxy groups -OCH3 is 1. The smallest absolute Gasteiger partial charge is 0.492 e. The molecule has 0 saturated heterocycles. The Bertz CT molecular complexity index is 1130. The SMILES string of the molecule is CCOc1cc(NC(=O)[C@H]2CC[C@H](OC)CC2)ccc1S(=O)(=O)Nc1cccc(OC(F)(F)F)c1. The van der Waals surface area contributed by atoms with E-state index >= 15 is 0 Å². The molecule has 1 aliphatic carbocycles. The van der Waals surface area contributed by atoms with Gasteiger partial charge in [-0.05, 0) is 56.9 Å². The van der Waals surface area contributed by atoms with Crippen molar-refractivity contribution in [3.8, 4) is 11.5 Å². The fourth-order valence-corrected chi connectivity index (χ4v) is 5.03. The molecule has 0 aromatic heterocycles. The first kappa shape index (κ1) is 26.6. The summed E-state index contributed by atoms with van der Waals surface area (Å²) in [5.41, 5.74) is 0.241. The van der Waals surface area contributed by atoms with E-state index in [1.165, 1.54) is 30.3 Å². The summed E-state index contributed by atoms with van der Waals surface area (Å²) in [6.45, 7) is 1.82. The molecule has 35 heavy (non-hydrogen) atoms. The second-order valence-electron chi connectivity index (χ2n) is 7.97. The van der Waals surface area contributed by atoms with Crippen molar-refractivity contribution in [2.45, 2.75) is 50.0 Å². The number of carbonyl (C=O) groups is 1. The van der Waals surface area contributed by atoms with Crippen LogP contribution in [0.1, 0.15) is 32.6 Å². The molecule has 3 rings (SSSR count). The number of nitrogens with one attached hydrogen (secondary N) is 2. The van der Waals surface area contributed by atoms with Crippen molar-refractivity contribution in [1.29, 1.82) is 0 Å². The van der Waals surface area contributed by atoms with Crippen LogP contribution in [0.4, 0.5) is 24.5 Å². The fraction of sp³-hybridized carbons (Fsp3) is 0.435. The summed E-state index contributed by atoms with van der Waals surface area (Å²) in [4.78, 5) is 12.4. The molecule has 1 saturated carbocycles. The molecule has 8 nitrogen and oxygen atoms in total. The largest absolute Gasteiger partial charge is 0.573 e. The molecule has 1 aliphatic rings. The van der Waals surface area contributed by atoms with Crippen molar-refractivity contribution in [2.75, 3.05) is 23.8 Å². The number of halogens is 3. The highest BCUT2D eigenvalue weighted by Gasteiger charge is 2.31. The van der Waals surface area contributed by atoms with E-state index in [9.17, 15) is 26.4 Å². The third kappa shape index (κ3) is 7.49. The lowest BCUT2D eigenvalue weighted by Gasteiger charge is -2.26. The number of carbonyl (C=O) groups excluding carboxylic acids is 1. The number of amides is 1. The van der Waals surface area contributed by atoms with Gasteiger partial charge < -0.3 is 19.5 Å². The minimum absolute atomic E-state index is 0.0106. The van der Waals surface area contributed by atoms with Gasteiger partial charge >= 0.3 is 6.36 Å². The van der Waals surface area contributed by atoms with Crippen molar-refractivity contribution >= 4 is 27.3 Å². The van der Waals surface area contributed by atoms with Crippen LogP contribution in [-0.4, -0.2) is 40.5 Å². The van der Waals surface area contributed by atoms with Gasteiger partial charge in [0.1, 0.15) is 16.4 Å². The quantitative estimate of drug-likeness (QED) is 0.490. The van der Waals surface area contributed by atoms with Gasteiger partial charge in [-0.3, -0.25) is 9.52 Å². The molecule has 2 aromatic carbocycles. The monoisotopic (exact) mass is 516 g/mol. The average Bonchev–Trinajstić information content (AvgIpc) is 2.78. The lowest BCUT2D eigenvalue weighted by molar-refractivity contribution is -0.274. The van der Waals surface area contributed by atoms with Gasteiger partial charge in [-0.15, -0.1) is 13.2 Å². The number of alkyl halides is 3. The molecule has 0 heterocycles. The van der Waals surface area contributed by atoms with Crippen LogP contribution in [0.2, 0.25) is 0 Å². The van der Waals surface area contributed by atoms with Gasteiger partial charge in [0.25, 0.3) is 10.0 Å². The first-order valence-electron chi connectivity index (χ1n) is 11.0. The minimum Gasteiger partial charge on any atom is -0.492 e. The standard InChI is InChI=1S/C23H27F3N2O6S/c1-3-33-20-14-16(27-22(29)15-7-10-18(32-2)11-8-15)9-12-21(20)35(30,31)28-17-5-4-6-19(13-17)34-23(24,25)26/h4-6,9,12-15,18,28H,3,7-8,10-11H2,1-2H3,(H,27,29)/t15-,18-. The maximum atomic E-state index is 13.0. The molecule has 192 valence electrons. The van der Waals surface area contributed by atoms with Gasteiger partial charge in [0.05, 0.1) is 18.4 Å². The lowest BCUT2D eigenvalue weighted by atomic mass is 9.87. The van der Waals surface area contributed by atoms with E-state index in [4.69, 9.17) is 9.47 Å². The molecule has 0 aliphatic heterocycles. The minimum atomic E-state index is -4.91. The molecule has 2 N–H and O–H groups in total. The summed E-state index contributed by atoms with van der Waals surface area (Å²) in [5.74, 6) is -0.922. The number of hydrogen-bond donors (Lipinski definition) is 2. The Hall–Kier alpha value is -2.99. The summed E-state index contributed by atoms with van der Waals surface area (Å²) < 4.78 is 80.3. The van der Waals surface area contributed by atoms with Crippen LogP contribution in [-0.2, 0) is 19.6 Å². The van der Waals surface area contributed by atoms with Gasteiger partial charge in [0, 0.05) is 30.8 Å². The molecule has 0 atom stereocenters. The molecule has 1 fully saturated rings. The second-order valence-corrected chi connectivity index (χ2v) is 9.63. The second kappa shape index (κ2) is 11.2. The first-order chi connectivity index (χ1) is 16.5. The number of rotatable bonds is 9. The molecule has 0 radical (unpaired) electrons. The first-order valence-corrected chi connectivity index (χ1v) is 12.5. The summed E-state index contributed by atoms with van der Waals surface area (Å²) in [7, 11) is -2.59. The van der Waals surface area contributed by atoms with E-state index in [2.05, 4.69) is 14.8 Å². The lowest BCUT2D eigenvalue weighted by Crippen LogP contribution is -2.29. The topological polar surface area (TPSA) is 103 Å². The summed E-state index contributed by atoms with van der Waals surface area (Å²) >= 11 is 0. The molecule has 0 bridgehead atoms. The zero-order valence-corrected chi connectivity index (χ0v) is 20.0. The van der Waals surface area contributed by atoms with Crippen molar-refractivity contribution < 1.29 is 40.6 Å². The number of anilines is 2. The van der Waals surface area contributed by atoms with Crippen LogP contribution in [0.25, 0.3) is 0 Å². The van der Waals surface area contributed by atoms with Crippen LogP contribution in [0.15, 0.2) is 47.4 Å². The average molecular weight is 517 g/mol. The predicted molar refractivity (Wildman–Crippen MR) is 123 cm³/mol. The Morgan fingerprint density at radius 2 is 1.77 bits per heavy atom. The van der Waals surface area contributed by atoms with Gasteiger partial charge in [-0.25, -0.2) is 8.42 Å². The maximum absolute atomic E-state index is 13.0. The van der Waals surface area contributed by atoms with Crippen molar-refractivity contribution in [1.82, 2.24) is 0 Å². The van der Waals surface area contributed by atoms with E-state index < -0.39 is 22.1 Å². The highest BCUT2D eigenvalue weighted by Crippen LogP contribution is 2.32. The number of benzene rings is 2. The normalized spacial score (nSPS) is 18.5. The molecular weight excluding hydrogens is 489 g/mol. The molecule has 0 unspecified atom stereocenters. The number of ether oxygens (including phenoxy) is 3. The van der Waals surface area contributed by atoms with Crippen molar-refractivity contribution in [2.24, 2.45) is 5.92 Å². The van der Waals surface area contributed by atoms with Gasteiger partial charge in [-0.2, -0.15) is 0 Å². The van der Waals surface area contributed by atoms with Crippen LogP contribution in [0, 0.1) is 5.92 Å². The molecule has 1 amide bonds. The fourth-order valence-electron chi connectivity index (χ4n) is 3.85. The van der Waals surface area contributed by atoms with E-state index in [1.807, 2.05) is 0 Å². The van der Waals surface area contributed by atoms with Crippen LogP contribution >= 0.6 is 0 Å². The molecule has 12 heteroatoms. The summed E-state index contributed by atoms with van der Waals surface area (Å²) in [6.07, 6.45) is -1.80. The van der Waals surface area contributed by atoms with E-state index in [0.29, 0.717) is 18.5 Å². The van der Waals surface area contributed by atoms with Crippen LogP contribution in [0.3, 0.4) is 0 Å². The van der Waals surface area contributed by atoms with Crippen LogP contribution < -0.4 is 19.5 Å². The zero-order valence-electron chi connectivity index (χ0n) is 19.2. The Morgan fingerprint density at radius 3 is 2.40 bits per heavy atom. The Morgan fingerprint density at radius 1 is 1.06 bits per heavy atom. The van der Waals surface area contributed by atoms with E-state index in [0.717, 1.165) is 25.0 Å². The van der Waals surface area contributed by atoms with Gasteiger partial charge in [0.2, 0.25) is 5.91 Å². The van der Waals surface area contributed by atoms with Crippen LogP contribution in [0.5, 0.6) is 11.5 Å². The zero-order chi connectivity index (χ0) is 25.6. The molecule has 0 spiro atoms. The third-order valence-electron chi connectivity index (χ3n) is 5.50. The molecule has 2 aromatic rings. The van der Waals surface area contributed by atoms with Gasteiger partial charge in [-0.1, -0.05) is 6.07 Å². The van der Waals surface area contributed by atoms with Crippen molar-refractivity contribution in [3.05, 3.63) is 42.5 Å². The van der Waals surface area contributed by atoms with E-state index in [-0.39, 0.29) is 40.9 Å². The Balaban J connectivity index is 1.76. The Kier molecular flexibility index (Phi) is 8.49. The number of hydrogen-bond acceptors (Lipinski definition) is 6. The van der Waals surface area contributed by atoms with E-state index in [1.54, 1.807) is 14.0 Å². The van der Waals surface area contributed by atoms with Crippen molar-refractivity contribution in [3.63, 3.8) is 0 Å². The third-order valence-corrected chi connectivity index (χ3v) is 6.92. The molecular formula is C23H27F3N2O6S. The number of sulfonamides is 1. The highest BCUT2D eigenvalue weighted by molar-refractivity contribution is 7.92. The Labute approximate surface area is 201 Å². The summed E-state index contributed by atoms with van der Waals surface area (Å²) in [6, 6.07) is 8.57. The predicted octanol–water partition coefficient (Wildman–Crippen LogP) is 4.93. The maximum Gasteiger partial charge on any atom is 0.573 e.